The van der Waals surface area contributed by atoms with Crippen molar-refractivity contribution in [2.45, 2.75) is 18.5 Å². The van der Waals surface area contributed by atoms with E-state index in [9.17, 15) is 9.59 Å². The van der Waals surface area contributed by atoms with Crippen LogP contribution in [0.1, 0.15) is 22.8 Å². The smallest absolute Gasteiger partial charge is 0.266 e. The summed E-state index contributed by atoms with van der Waals surface area (Å²) in [5.74, 6) is 0.918. The van der Waals surface area contributed by atoms with Gasteiger partial charge in [-0.3, -0.25) is 14.2 Å². The fourth-order valence-corrected chi connectivity index (χ4v) is 4.96. The number of aryl methyl sites for hydroxylation is 1. The number of methoxy groups -OCH3 is 1. The highest BCUT2D eigenvalue weighted by Gasteiger charge is 2.16. The molecule has 0 aliphatic rings. The van der Waals surface area contributed by atoms with Crippen molar-refractivity contribution in [2.75, 3.05) is 12.9 Å². The van der Waals surface area contributed by atoms with E-state index in [1.807, 2.05) is 78.9 Å². The molecule has 0 saturated heterocycles. The minimum atomic E-state index is -0.144. The van der Waals surface area contributed by atoms with Gasteiger partial charge in [-0.2, -0.15) is 0 Å². The molecule has 174 valence electrons. The zero-order valence-electron chi connectivity index (χ0n) is 19.5. The first-order chi connectivity index (χ1) is 17.1. The van der Waals surface area contributed by atoms with Gasteiger partial charge in [0.05, 0.1) is 29.5 Å². The number of ketones is 1. The lowest BCUT2D eigenvalue weighted by Gasteiger charge is -2.13. The molecule has 1 aromatic heterocycles. The fraction of sp³-hybridized carbons (Fsp3) is 0.138. The van der Waals surface area contributed by atoms with Crippen molar-refractivity contribution in [1.29, 1.82) is 0 Å². The summed E-state index contributed by atoms with van der Waals surface area (Å²) in [7, 11) is 1.63. The molecule has 0 spiro atoms. The molecule has 5 rings (SSSR count). The van der Waals surface area contributed by atoms with Gasteiger partial charge in [0, 0.05) is 5.56 Å². The zero-order chi connectivity index (χ0) is 24.4. The summed E-state index contributed by atoms with van der Waals surface area (Å²) in [6, 6.07) is 26.6. The van der Waals surface area contributed by atoms with Crippen molar-refractivity contribution in [3.8, 4) is 11.4 Å². The predicted molar refractivity (Wildman–Crippen MR) is 142 cm³/mol. The Hall–Kier alpha value is -3.90. The number of para-hydroxylation sites is 1. The van der Waals surface area contributed by atoms with E-state index in [0.29, 0.717) is 21.6 Å². The van der Waals surface area contributed by atoms with E-state index in [1.165, 1.54) is 17.3 Å². The Balaban J connectivity index is 1.49. The molecular weight excluding hydrogens is 456 g/mol. The van der Waals surface area contributed by atoms with Crippen LogP contribution in [0.3, 0.4) is 0 Å². The van der Waals surface area contributed by atoms with E-state index in [1.54, 1.807) is 17.7 Å². The van der Waals surface area contributed by atoms with E-state index < -0.39 is 0 Å². The number of carbonyl (C=O) groups is 1. The second kappa shape index (κ2) is 9.76. The summed E-state index contributed by atoms with van der Waals surface area (Å²) >= 11 is 1.28. The maximum Gasteiger partial charge on any atom is 0.266 e. The topological polar surface area (TPSA) is 61.2 Å². The van der Waals surface area contributed by atoms with E-state index in [2.05, 4.69) is 6.92 Å². The molecule has 0 fully saturated rings. The van der Waals surface area contributed by atoms with Crippen LogP contribution in [0.2, 0.25) is 0 Å². The number of rotatable bonds is 7. The number of benzene rings is 4. The molecule has 0 atom stereocenters. The highest BCUT2D eigenvalue weighted by Crippen LogP contribution is 2.25. The normalized spacial score (nSPS) is 11.1. The summed E-state index contributed by atoms with van der Waals surface area (Å²) in [6.45, 7) is 2.09. The van der Waals surface area contributed by atoms with Crippen molar-refractivity contribution >= 4 is 39.2 Å². The molecule has 4 aromatic carbocycles. The van der Waals surface area contributed by atoms with E-state index in [0.717, 1.165) is 28.6 Å². The molecule has 0 aliphatic heterocycles. The number of fused-ring (bicyclic) bond motifs is 2. The van der Waals surface area contributed by atoms with Gasteiger partial charge in [-0.1, -0.05) is 61.2 Å². The second-order valence-corrected chi connectivity index (χ2v) is 9.15. The lowest BCUT2D eigenvalue weighted by molar-refractivity contribution is 0.102. The quantitative estimate of drug-likeness (QED) is 0.160. The average molecular weight is 481 g/mol. The molecule has 0 amide bonds. The third-order valence-corrected chi connectivity index (χ3v) is 6.99. The molecule has 6 heteroatoms. The van der Waals surface area contributed by atoms with Gasteiger partial charge in [0.25, 0.3) is 5.56 Å². The monoisotopic (exact) mass is 480 g/mol. The number of hydrogen-bond acceptors (Lipinski definition) is 5. The number of nitrogens with zero attached hydrogens (tertiary/aromatic N) is 2. The first-order valence-electron chi connectivity index (χ1n) is 11.4. The molecular formula is C29H24N2O3S. The Kier molecular flexibility index (Phi) is 6.38. The van der Waals surface area contributed by atoms with E-state index in [4.69, 9.17) is 9.72 Å². The molecule has 0 unspecified atom stereocenters. The Labute approximate surface area is 207 Å². The minimum Gasteiger partial charge on any atom is -0.497 e. The summed E-state index contributed by atoms with van der Waals surface area (Å²) < 4.78 is 6.89. The highest BCUT2D eigenvalue weighted by molar-refractivity contribution is 7.99. The maximum atomic E-state index is 13.4. The van der Waals surface area contributed by atoms with Crippen LogP contribution in [-0.2, 0) is 6.42 Å². The number of hydrogen-bond donors (Lipinski definition) is 0. The van der Waals surface area contributed by atoms with Crippen LogP contribution in [0.4, 0.5) is 0 Å². The predicted octanol–water partition coefficient (Wildman–Crippen LogP) is 6.08. The Morgan fingerprint density at radius 3 is 2.46 bits per heavy atom. The van der Waals surface area contributed by atoms with E-state index in [-0.39, 0.29) is 17.1 Å². The molecule has 0 saturated carbocycles. The van der Waals surface area contributed by atoms with Crippen molar-refractivity contribution in [3.63, 3.8) is 0 Å². The molecule has 1 heterocycles. The Bertz CT molecular complexity index is 1610. The number of thioether (sulfide) groups is 1. The van der Waals surface area contributed by atoms with Gasteiger partial charge in [0.15, 0.2) is 10.9 Å². The van der Waals surface area contributed by atoms with Crippen LogP contribution in [0.15, 0.2) is 94.9 Å². The van der Waals surface area contributed by atoms with Crippen LogP contribution in [-0.4, -0.2) is 28.2 Å². The third-order valence-electron chi connectivity index (χ3n) is 6.05. The first kappa shape index (κ1) is 22.9. The van der Waals surface area contributed by atoms with Gasteiger partial charge in [-0.25, -0.2) is 4.98 Å². The van der Waals surface area contributed by atoms with Crippen LogP contribution in [0.25, 0.3) is 27.4 Å². The summed E-state index contributed by atoms with van der Waals surface area (Å²) in [4.78, 5) is 31.3. The lowest BCUT2D eigenvalue weighted by Crippen LogP contribution is -2.22. The van der Waals surface area contributed by atoms with Gasteiger partial charge >= 0.3 is 0 Å². The van der Waals surface area contributed by atoms with Gasteiger partial charge in [-0.15, -0.1) is 0 Å². The molecule has 35 heavy (non-hydrogen) atoms. The Morgan fingerprint density at radius 2 is 1.69 bits per heavy atom. The van der Waals surface area contributed by atoms with Gasteiger partial charge < -0.3 is 4.74 Å². The summed E-state index contributed by atoms with van der Waals surface area (Å²) in [5, 5.41) is 3.03. The van der Waals surface area contributed by atoms with Crippen molar-refractivity contribution in [3.05, 3.63) is 106 Å². The number of aromatic nitrogens is 2. The zero-order valence-corrected chi connectivity index (χ0v) is 20.3. The summed E-state index contributed by atoms with van der Waals surface area (Å²) in [5.41, 5.74) is 3.02. The van der Waals surface area contributed by atoms with Gasteiger partial charge in [-0.05, 0) is 65.2 Å². The van der Waals surface area contributed by atoms with Crippen LogP contribution >= 0.6 is 11.8 Å². The fourth-order valence-electron chi connectivity index (χ4n) is 4.06. The molecule has 0 bridgehead atoms. The highest BCUT2D eigenvalue weighted by atomic mass is 32.2. The summed E-state index contributed by atoms with van der Waals surface area (Å²) in [6.07, 6.45) is 0.916. The minimum absolute atomic E-state index is 0.0250. The van der Waals surface area contributed by atoms with Crippen LogP contribution < -0.4 is 10.3 Å². The maximum absolute atomic E-state index is 13.4. The molecule has 5 nitrogen and oxygen atoms in total. The lowest BCUT2D eigenvalue weighted by atomic mass is 10.0. The van der Waals surface area contributed by atoms with Crippen molar-refractivity contribution < 1.29 is 9.53 Å². The van der Waals surface area contributed by atoms with Crippen LogP contribution in [0, 0.1) is 0 Å². The van der Waals surface area contributed by atoms with E-state index >= 15 is 0 Å². The molecule has 0 N–H and O–H groups in total. The second-order valence-electron chi connectivity index (χ2n) is 8.21. The third kappa shape index (κ3) is 4.57. The molecule has 0 aliphatic carbocycles. The number of carbonyl (C=O) groups excluding carboxylic acids is 1. The largest absolute Gasteiger partial charge is 0.497 e. The van der Waals surface area contributed by atoms with Gasteiger partial charge in [0.1, 0.15) is 5.75 Å². The SMILES string of the molecule is CCc1ccc(-n2c(SCC(=O)c3ccc4cc(OC)ccc4c3)nc3ccccc3c2=O)cc1. The average Bonchev–Trinajstić information content (AvgIpc) is 2.91. The first-order valence-corrected chi connectivity index (χ1v) is 12.4. The van der Waals surface area contributed by atoms with Crippen molar-refractivity contribution in [1.82, 2.24) is 9.55 Å². The Morgan fingerprint density at radius 1 is 0.943 bits per heavy atom. The van der Waals surface area contributed by atoms with Crippen molar-refractivity contribution in [2.24, 2.45) is 0 Å². The standard InChI is InChI=1S/C29H24N2O3S/c1-3-19-8-13-23(14-9-19)31-28(33)25-6-4-5-7-26(25)30-29(31)35-18-27(32)22-11-10-21-17-24(34-2)15-12-20(21)16-22/h4-17H,3,18H2,1-2H3. The van der Waals surface area contributed by atoms with Crippen LogP contribution in [0.5, 0.6) is 5.75 Å². The molecule has 0 radical (unpaired) electrons. The number of ether oxygens (including phenoxy) is 1. The molecule has 5 aromatic rings. The van der Waals surface area contributed by atoms with Gasteiger partial charge in [0.2, 0.25) is 0 Å². The number of Topliss-reactive ketones (excluding diaryl/α,β-unsaturated/α-hetero) is 1.